The molecule has 236 valence electrons. The van der Waals surface area contributed by atoms with Crippen LogP contribution in [0.3, 0.4) is 0 Å². The number of carbonyl (C=O) groups is 2. The van der Waals surface area contributed by atoms with Crippen LogP contribution in [0.15, 0.2) is 71.6 Å². The summed E-state index contributed by atoms with van der Waals surface area (Å²) < 4.78 is 34.7. The minimum atomic E-state index is -4.17. The molecule has 1 fully saturated rings. The second kappa shape index (κ2) is 15.1. The molecule has 1 aliphatic rings. The third-order valence-corrected chi connectivity index (χ3v) is 10.3. The second-order valence-corrected chi connectivity index (χ2v) is 13.7. The molecule has 3 aromatic carbocycles. The molecule has 11 heteroatoms. The molecule has 0 saturated heterocycles. The van der Waals surface area contributed by atoms with E-state index in [1.165, 1.54) is 17.0 Å². The summed E-state index contributed by atoms with van der Waals surface area (Å²) in [4.78, 5) is 29.1. The van der Waals surface area contributed by atoms with Crippen LogP contribution in [0.25, 0.3) is 0 Å². The van der Waals surface area contributed by atoms with Gasteiger partial charge in [0.25, 0.3) is 10.0 Å². The summed E-state index contributed by atoms with van der Waals surface area (Å²) in [5.74, 6) is -0.268. The average molecular weight is 661 g/mol. The van der Waals surface area contributed by atoms with Gasteiger partial charge in [-0.2, -0.15) is 0 Å². The number of carbonyl (C=O) groups excluding carboxylic acids is 2. The molecule has 44 heavy (non-hydrogen) atoms. The molecule has 4 rings (SSSR count). The van der Waals surface area contributed by atoms with E-state index in [2.05, 4.69) is 5.32 Å². The van der Waals surface area contributed by atoms with Crippen LogP contribution in [0.5, 0.6) is 5.75 Å². The van der Waals surface area contributed by atoms with E-state index in [0.29, 0.717) is 28.0 Å². The SMILES string of the molecule is CCOc1ccc(N(CC(=O)N(Cc2ccc(Cl)c(Cl)c2)[C@H](C)C(=O)NC2CCCCC2)S(=O)(=O)c2ccc(C)cc2)cc1. The van der Waals surface area contributed by atoms with Gasteiger partial charge in [-0.3, -0.25) is 13.9 Å². The van der Waals surface area contributed by atoms with Crippen molar-refractivity contribution >= 4 is 50.7 Å². The number of nitrogens with one attached hydrogen (secondary N) is 1. The third-order valence-electron chi connectivity index (χ3n) is 7.78. The smallest absolute Gasteiger partial charge is 0.264 e. The number of hydrogen-bond acceptors (Lipinski definition) is 5. The normalized spacial score (nSPS) is 14.5. The molecule has 3 aromatic rings. The maximum absolute atomic E-state index is 14.2. The lowest BCUT2D eigenvalue weighted by Gasteiger charge is -2.33. The van der Waals surface area contributed by atoms with Crippen LogP contribution in [-0.4, -0.2) is 50.4 Å². The molecule has 1 aliphatic carbocycles. The van der Waals surface area contributed by atoms with E-state index in [1.807, 2.05) is 13.8 Å². The van der Waals surface area contributed by atoms with Crippen LogP contribution >= 0.6 is 23.2 Å². The van der Waals surface area contributed by atoms with Gasteiger partial charge in [0.05, 0.1) is 27.2 Å². The molecular weight excluding hydrogens is 621 g/mol. The quantitative estimate of drug-likeness (QED) is 0.232. The topological polar surface area (TPSA) is 96.0 Å². The number of halogens is 2. The highest BCUT2D eigenvalue weighted by atomic mass is 35.5. The van der Waals surface area contributed by atoms with Crippen molar-refractivity contribution in [1.29, 1.82) is 0 Å². The van der Waals surface area contributed by atoms with Gasteiger partial charge in [0.2, 0.25) is 11.8 Å². The summed E-state index contributed by atoms with van der Waals surface area (Å²) in [6.45, 7) is 5.32. The van der Waals surface area contributed by atoms with Gasteiger partial charge < -0.3 is 15.0 Å². The summed E-state index contributed by atoms with van der Waals surface area (Å²) in [6.07, 6.45) is 5.00. The monoisotopic (exact) mass is 659 g/mol. The van der Waals surface area contributed by atoms with Crippen LogP contribution in [0, 0.1) is 6.92 Å². The van der Waals surface area contributed by atoms with Crippen LogP contribution in [0.2, 0.25) is 10.0 Å². The molecule has 8 nitrogen and oxygen atoms in total. The standard InChI is InChI=1S/C33H39Cl2N3O5S/c1-4-43-28-15-13-27(14-16-28)38(44(41,42)29-17-10-23(2)11-18-29)22-32(39)37(21-25-12-19-30(34)31(35)20-25)24(3)33(40)36-26-8-6-5-7-9-26/h10-20,24,26H,4-9,21-22H2,1-3H3,(H,36,40)/t24-/m1/s1. The first-order chi connectivity index (χ1) is 21.0. The Bertz CT molecular complexity index is 1540. The summed E-state index contributed by atoms with van der Waals surface area (Å²) in [5.41, 5.74) is 1.84. The molecule has 1 saturated carbocycles. The van der Waals surface area contributed by atoms with Gasteiger partial charge in [0.15, 0.2) is 0 Å². The number of ether oxygens (including phenoxy) is 1. The van der Waals surface area contributed by atoms with Crippen molar-refractivity contribution in [2.75, 3.05) is 17.5 Å². The number of sulfonamides is 1. The Balaban J connectivity index is 1.69. The summed E-state index contributed by atoms with van der Waals surface area (Å²) >= 11 is 12.4. The van der Waals surface area contributed by atoms with Crippen molar-refractivity contribution in [3.05, 3.63) is 87.9 Å². The number of aryl methyl sites for hydroxylation is 1. The summed E-state index contributed by atoms with van der Waals surface area (Å²) in [7, 11) is -4.17. The van der Waals surface area contributed by atoms with Crippen molar-refractivity contribution in [2.45, 2.75) is 76.4 Å². The Morgan fingerprint density at radius 1 is 0.955 bits per heavy atom. The number of amides is 2. The third kappa shape index (κ3) is 8.46. The van der Waals surface area contributed by atoms with E-state index in [0.717, 1.165) is 42.0 Å². The van der Waals surface area contributed by atoms with Gasteiger partial charge in [-0.05, 0) is 87.7 Å². The first kappa shape index (κ1) is 33.6. The van der Waals surface area contributed by atoms with Crippen LogP contribution in [0.1, 0.15) is 57.1 Å². The Morgan fingerprint density at radius 2 is 1.61 bits per heavy atom. The van der Waals surface area contributed by atoms with Gasteiger partial charge in [0, 0.05) is 12.6 Å². The fraction of sp³-hybridized carbons (Fsp3) is 0.394. The molecule has 0 radical (unpaired) electrons. The van der Waals surface area contributed by atoms with Crippen molar-refractivity contribution in [3.63, 3.8) is 0 Å². The zero-order valence-corrected chi connectivity index (χ0v) is 27.6. The van der Waals surface area contributed by atoms with Gasteiger partial charge in [-0.15, -0.1) is 0 Å². The first-order valence-electron chi connectivity index (χ1n) is 14.9. The molecule has 2 amide bonds. The van der Waals surface area contributed by atoms with Gasteiger partial charge in [-0.1, -0.05) is 66.2 Å². The van der Waals surface area contributed by atoms with E-state index in [1.54, 1.807) is 61.5 Å². The van der Waals surface area contributed by atoms with Crippen molar-refractivity contribution in [2.24, 2.45) is 0 Å². The molecule has 0 spiro atoms. The molecule has 0 aromatic heterocycles. The Hall–Kier alpha value is -3.27. The van der Waals surface area contributed by atoms with E-state index in [-0.39, 0.29) is 29.1 Å². The van der Waals surface area contributed by atoms with Crippen LogP contribution in [-0.2, 0) is 26.2 Å². The Labute approximate surface area is 270 Å². The minimum absolute atomic E-state index is 0.0245. The number of hydrogen-bond donors (Lipinski definition) is 1. The van der Waals surface area contributed by atoms with Gasteiger partial charge >= 0.3 is 0 Å². The number of rotatable bonds is 12. The summed E-state index contributed by atoms with van der Waals surface area (Å²) in [6, 6.07) is 17.1. The second-order valence-electron chi connectivity index (χ2n) is 11.0. The molecule has 1 atom stereocenters. The van der Waals surface area contributed by atoms with E-state index < -0.39 is 28.5 Å². The average Bonchev–Trinajstić information content (AvgIpc) is 3.01. The minimum Gasteiger partial charge on any atom is -0.494 e. The van der Waals surface area contributed by atoms with Crippen LogP contribution in [0.4, 0.5) is 5.69 Å². The van der Waals surface area contributed by atoms with Crippen LogP contribution < -0.4 is 14.4 Å². The molecule has 1 N–H and O–H groups in total. The molecule has 0 unspecified atom stereocenters. The van der Waals surface area contributed by atoms with E-state index in [9.17, 15) is 18.0 Å². The van der Waals surface area contributed by atoms with E-state index in [4.69, 9.17) is 27.9 Å². The zero-order chi connectivity index (χ0) is 31.9. The predicted molar refractivity (Wildman–Crippen MR) is 175 cm³/mol. The van der Waals surface area contributed by atoms with E-state index >= 15 is 0 Å². The molecule has 0 heterocycles. The highest BCUT2D eigenvalue weighted by Crippen LogP contribution is 2.28. The lowest BCUT2D eigenvalue weighted by atomic mass is 9.95. The number of benzene rings is 3. The van der Waals surface area contributed by atoms with Gasteiger partial charge in [0.1, 0.15) is 18.3 Å². The Kier molecular flexibility index (Phi) is 11.6. The lowest BCUT2D eigenvalue weighted by Crippen LogP contribution is -2.53. The maximum atomic E-state index is 14.2. The fourth-order valence-electron chi connectivity index (χ4n) is 5.23. The molecule has 0 aliphatic heterocycles. The predicted octanol–water partition coefficient (Wildman–Crippen LogP) is 6.76. The Morgan fingerprint density at radius 3 is 2.23 bits per heavy atom. The van der Waals surface area contributed by atoms with Crippen molar-refractivity contribution < 1.29 is 22.7 Å². The zero-order valence-electron chi connectivity index (χ0n) is 25.3. The van der Waals surface area contributed by atoms with Crippen molar-refractivity contribution in [1.82, 2.24) is 10.2 Å². The molecular formula is C33H39Cl2N3O5S. The highest BCUT2D eigenvalue weighted by Gasteiger charge is 2.33. The van der Waals surface area contributed by atoms with Gasteiger partial charge in [-0.25, -0.2) is 8.42 Å². The molecule has 0 bridgehead atoms. The lowest BCUT2D eigenvalue weighted by molar-refractivity contribution is -0.139. The largest absolute Gasteiger partial charge is 0.494 e. The van der Waals surface area contributed by atoms with Crippen molar-refractivity contribution in [3.8, 4) is 5.75 Å². The fourth-order valence-corrected chi connectivity index (χ4v) is 6.96. The number of nitrogens with zero attached hydrogens (tertiary/aromatic N) is 2. The first-order valence-corrected chi connectivity index (χ1v) is 17.0. The highest BCUT2D eigenvalue weighted by molar-refractivity contribution is 7.92. The summed E-state index contributed by atoms with van der Waals surface area (Å²) in [5, 5.41) is 3.78. The number of anilines is 1. The maximum Gasteiger partial charge on any atom is 0.264 e.